The van der Waals surface area contributed by atoms with Crippen molar-refractivity contribution in [3.63, 3.8) is 0 Å². The number of sulfonamides is 1. The van der Waals surface area contributed by atoms with Gasteiger partial charge in [0.1, 0.15) is 0 Å². The van der Waals surface area contributed by atoms with E-state index in [2.05, 4.69) is 21.9 Å². The first kappa shape index (κ1) is 22.5. The van der Waals surface area contributed by atoms with Gasteiger partial charge in [0.05, 0.1) is 4.90 Å². The van der Waals surface area contributed by atoms with Gasteiger partial charge in [0.2, 0.25) is 10.0 Å². The van der Waals surface area contributed by atoms with Crippen molar-refractivity contribution >= 4 is 15.9 Å². The second-order valence-electron chi connectivity index (χ2n) is 8.09. The molecule has 1 fully saturated rings. The molecule has 1 amide bonds. The van der Waals surface area contributed by atoms with Gasteiger partial charge in [0.15, 0.2) is 0 Å². The van der Waals surface area contributed by atoms with Gasteiger partial charge < -0.3 is 10.2 Å². The third-order valence-electron chi connectivity index (χ3n) is 5.49. The van der Waals surface area contributed by atoms with Crippen LogP contribution in [0.15, 0.2) is 59.5 Å². The highest BCUT2D eigenvalue weighted by Gasteiger charge is 2.20. The fourth-order valence-electron chi connectivity index (χ4n) is 3.83. The minimum atomic E-state index is -3.75. The molecule has 0 aliphatic carbocycles. The standard InChI is InChI=1S/C23H31N3O3S/c1-18-8-7-14-26(17-18)15-13-24-23(27)21-11-6-12-22(16-21)30(28,29)25-19(2)20-9-4-3-5-10-20/h3-6,9-12,16,18-19,25H,7-8,13-15,17H2,1-2H3,(H,24,27). The van der Waals surface area contributed by atoms with Gasteiger partial charge >= 0.3 is 0 Å². The van der Waals surface area contributed by atoms with Gasteiger partial charge in [-0.1, -0.05) is 43.3 Å². The first-order valence-electron chi connectivity index (χ1n) is 10.5. The third kappa shape index (κ3) is 6.14. The molecule has 1 heterocycles. The molecule has 0 saturated carbocycles. The van der Waals surface area contributed by atoms with Gasteiger partial charge in [-0.2, -0.15) is 0 Å². The van der Waals surface area contributed by atoms with E-state index < -0.39 is 10.0 Å². The summed E-state index contributed by atoms with van der Waals surface area (Å²) in [6, 6.07) is 15.2. The first-order valence-corrected chi connectivity index (χ1v) is 12.0. The summed E-state index contributed by atoms with van der Waals surface area (Å²) in [5.41, 5.74) is 1.22. The van der Waals surface area contributed by atoms with Crippen LogP contribution < -0.4 is 10.0 Å². The Kier molecular flexibility index (Phi) is 7.64. The van der Waals surface area contributed by atoms with E-state index in [9.17, 15) is 13.2 Å². The molecule has 3 rings (SSSR count). The van der Waals surface area contributed by atoms with Gasteiger partial charge in [0, 0.05) is 31.2 Å². The lowest BCUT2D eigenvalue weighted by atomic mass is 10.0. The second kappa shape index (κ2) is 10.2. The maximum Gasteiger partial charge on any atom is 0.251 e. The van der Waals surface area contributed by atoms with Crippen LogP contribution in [0.5, 0.6) is 0 Å². The van der Waals surface area contributed by atoms with Crippen LogP contribution in [0.2, 0.25) is 0 Å². The Hall–Kier alpha value is -2.22. The van der Waals surface area contributed by atoms with E-state index >= 15 is 0 Å². The van der Waals surface area contributed by atoms with Gasteiger partial charge in [-0.25, -0.2) is 13.1 Å². The van der Waals surface area contributed by atoms with E-state index in [-0.39, 0.29) is 16.8 Å². The molecular formula is C23H31N3O3S. The molecular weight excluding hydrogens is 398 g/mol. The predicted molar refractivity (Wildman–Crippen MR) is 119 cm³/mol. The number of hydrogen-bond donors (Lipinski definition) is 2. The summed E-state index contributed by atoms with van der Waals surface area (Å²) in [5, 5.41) is 2.91. The van der Waals surface area contributed by atoms with Crippen LogP contribution >= 0.6 is 0 Å². The fraction of sp³-hybridized carbons (Fsp3) is 0.435. The number of rotatable bonds is 8. The van der Waals surface area contributed by atoms with Crippen molar-refractivity contribution in [3.05, 3.63) is 65.7 Å². The van der Waals surface area contributed by atoms with Crippen molar-refractivity contribution in [3.8, 4) is 0 Å². The van der Waals surface area contributed by atoms with E-state index in [1.165, 1.54) is 25.0 Å². The zero-order chi connectivity index (χ0) is 21.6. The van der Waals surface area contributed by atoms with Gasteiger partial charge in [-0.3, -0.25) is 4.79 Å². The summed E-state index contributed by atoms with van der Waals surface area (Å²) < 4.78 is 28.3. The maximum absolute atomic E-state index is 12.8. The molecule has 1 saturated heterocycles. The smallest absolute Gasteiger partial charge is 0.251 e. The molecule has 0 spiro atoms. The summed E-state index contributed by atoms with van der Waals surface area (Å²) in [6.45, 7) is 7.54. The molecule has 2 atom stereocenters. The van der Waals surface area contributed by atoms with E-state index in [0.717, 1.165) is 25.2 Å². The summed E-state index contributed by atoms with van der Waals surface area (Å²) in [5.74, 6) is 0.440. The average Bonchev–Trinajstić information content (AvgIpc) is 2.74. The van der Waals surface area contributed by atoms with Crippen molar-refractivity contribution in [2.75, 3.05) is 26.2 Å². The van der Waals surface area contributed by atoms with E-state index in [1.54, 1.807) is 19.1 Å². The van der Waals surface area contributed by atoms with E-state index in [0.29, 0.717) is 18.0 Å². The number of benzene rings is 2. The Labute approximate surface area is 179 Å². The van der Waals surface area contributed by atoms with E-state index in [4.69, 9.17) is 0 Å². The first-order chi connectivity index (χ1) is 14.3. The second-order valence-corrected chi connectivity index (χ2v) is 9.80. The molecule has 6 nitrogen and oxygen atoms in total. The highest BCUT2D eigenvalue weighted by Crippen LogP contribution is 2.18. The van der Waals surface area contributed by atoms with Crippen LogP contribution in [-0.4, -0.2) is 45.4 Å². The van der Waals surface area contributed by atoms with Gasteiger partial charge in [-0.05, 0) is 56.0 Å². The number of amides is 1. The van der Waals surface area contributed by atoms with Crippen molar-refractivity contribution in [2.24, 2.45) is 5.92 Å². The molecule has 162 valence electrons. The number of likely N-dealkylation sites (tertiary alicyclic amines) is 1. The number of nitrogens with zero attached hydrogens (tertiary/aromatic N) is 1. The van der Waals surface area contributed by atoms with Crippen LogP contribution in [0, 0.1) is 5.92 Å². The SMILES string of the molecule is CC1CCCN(CCNC(=O)c2cccc(S(=O)(=O)NC(C)c3ccccc3)c2)C1. The average molecular weight is 430 g/mol. The molecule has 0 radical (unpaired) electrons. The Morgan fingerprint density at radius 2 is 1.93 bits per heavy atom. The van der Waals surface area contributed by atoms with Crippen LogP contribution in [0.4, 0.5) is 0 Å². The molecule has 7 heteroatoms. The molecule has 0 aromatic heterocycles. The Morgan fingerprint density at radius 1 is 1.17 bits per heavy atom. The highest BCUT2D eigenvalue weighted by molar-refractivity contribution is 7.89. The van der Waals surface area contributed by atoms with E-state index in [1.807, 2.05) is 30.3 Å². The zero-order valence-electron chi connectivity index (χ0n) is 17.7. The van der Waals surface area contributed by atoms with Gasteiger partial charge in [-0.15, -0.1) is 0 Å². The summed E-state index contributed by atoms with van der Waals surface area (Å²) in [6.07, 6.45) is 2.46. The molecule has 2 N–H and O–H groups in total. The van der Waals surface area contributed by atoms with Crippen LogP contribution in [0.25, 0.3) is 0 Å². The molecule has 2 aromatic carbocycles. The third-order valence-corrected chi connectivity index (χ3v) is 7.03. The lowest BCUT2D eigenvalue weighted by molar-refractivity contribution is 0.0943. The fourth-order valence-corrected chi connectivity index (χ4v) is 5.11. The summed E-state index contributed by atoms with van der Waals surface area (Å²) in [7, 11) is -3.75. The van der Waals surface area contributed by atoms with Crippen LogP contribution in [0.1, 0.15) is 48.7 Å². The molecule has 1 aliphatic heterocycles. The molecule has 0 bridgehead atoms. The van der Waals surface area contributed by atoms with Crippen molar-refractivity contribution in [1.82, 2.24) is 14.9 Å². The topological polar surface area (TPSA) is 78.5 Å². The minimum absolute atomic E-state index is 0.0859. The van der Waals surface area contributed by atoms with Crippen LogP contribution in [-0.2, 0) is 10.0 Å². The number of hydrogen-bond acceptors (Lipinski definition) is 4. The van der Waals surface area contributed by atoms with Crippen molar-refractivity contribution in [1.29, 1.82) is 0 Å². The summed E-state index contributed by atoms with van der Waals surface area (Å²) >= 11 is 0. The molecule has 2 aromatic rings. The minimum Gasteiger partial charge on any atom is -0.351 e. The quantitative estimate of drug-likeness (QED) is 0.676. The lowest BCUT2D eigenvalue weighted by Crippen LogP contribution is -2.40. The van der Waals surface area contributed by atoms with Gasteiger partial charge in [0.25, 0.3) is 5.91 Å². The molecule has 30 heavy (non-hydrogen) atoms. The lowest BCUT2D eigenvalue weighted by Gasteiger charge is -2.30. The number of nitrogens with one attached hydrogen (secondary N) is 2. The number of carbonyl (C=O) groups excluding carboxylic acids is 1. The Morgan fingerprint density at radius 3 is 2.67 bits per heavy atom. The summed E-state index contributed by atoms with van der Waals surface area (Å²) in [4.78, 5) is 15.0. The normalized spacial score (nSPS) is 18.7. The van der Waals surface area contributed by atoms with Crippen LogP contribution in [0.3, 0.4) is 0 Å². The molecule has 2 unspecified atom stereocenters. The van der Waals surface area contributed by atoms with Crippen molar-refractivity contribution in [2.45, 2.75) is 37.6 Å². The maximum atomic E-state index is 12.8. The monoisotopic (exact) mass is 429 g/mol. The Balaban J connectivity index is 1.59. The molecule has 1 aliphatic rings. The largest absolute Gasteiger partial charge is 0.351 e. The Bertz CT molecular complexity index is 947. The van der Waals surface area contributed by atoms with Crippen molar-refractivity contribution < 1.29 is 13.2 Å². The predicted octanol–water partition coefficient (Wildman–Crippen LogP) is 3.19. The number of carbonyl (C=O) groups is 1. The highest BCUT2D eigenvalue weighted by atomic mass is 32.2. The number of piperidine rings is 1. The zero-order valence-corrected chi connectivity index (χ0v) is 18.5.